The highest BCUT2D eigenvalue weighted by Gasteiger charge is 2.46. The van der Waals surface area contributed by atoms with E-state index >= 15 is 0 Å². The van der Waals surface area contributed by atoms with Gasteiger partial charge in [-0.1, -0.05) is 27.7 Å². The molecule has 0 spiro atoms. The van der Waals surface area contributed by atoms with E-state index in [2.05, 4.69) is 13.8 Å². The van der Waals surface area contributed by atoms with Gasteiger partial charge in [-0.3, -0.25) is 0 Å². The van der Waals surface area contributed by atoms with Crippen molar-refractivity contribution in [2.75, 3.05) is 19.6 Å². The third-order valence-electron chi connectivity index (χ3n) is 4.70. The fraction of sp³-hybridized carbons (Fsp3) is 0.867. The fourth-order valence-corrected chi connectivity index (χ4v) is 3.52. The van der Waals surface area contributed by atoms with E-state index in [9.17, 15) is 14.7 Å². The molecule has 2 rings (SSSR count). The SMILES string of the molecule is CC1(C)CCN(C(=O)N2CCCC(C)(C)C2C(=O)O)C1. The van der Waals surface area contributed by atoms with E-state index in [0.29, 0.717) is 6.54 Å². The molecule has 5 nitrogen and oxygen atoms in total. The molecule has 5 heteroatoms. The van der Waals surface area contributed by atoms with Crippen LogP contribution >= 0.6 is 0 Å². The first-order valence-corrected chi connectivity index (χ1v) is 7.42. The van der Waals surface area contributed by atoms with Crippen molar-refractivity contribution < 1.29 is 14.7 Å². The minimum absolute atomic E-state index is 0.101. The lowest BCUT2D eigenvalue weighted by atomic mass is 9.76. The molecule has 2 fully saturated rings. The molecule has 0 saturated carbocycles. The van der Waals surface area contributed by atoms with Gasteiger partial charge in [0.25, 0.3) is 0 Å². The number of piperidine rings is 1. The maximum absolute atomic E-state index is 12.7. The first-order chi connectivity index (χ1) is 9.14. The Morgan fingerprint density at radius 2 is 1.75 bits per heavy atom. The lowest BCUT2D eigenvalue weighted by Gasteiger charge is -2.45. The van der Waals surface area contributed by atoms with E-state index in [1.807, 2.05) is 18.7 Å². The number of aliphatic carboxylic acids is 1. The zero-order valence-electron chi connectivity index (χ0n) is 13.0. The second-order valence-electron chi connectivity index (χ2n) is 7.64. The number of rotatable bonds is 1. The molecule has 0 aromatic heterocycles. The Hall–Kier alpha value is -1.26. The highest BCUT2D eigenvalue weighted by Crippen LogP contribution is 2.37. The number of likely N-dealkylation sites (tertiary alicyclic amines) is 2. The number of nitrogens with zero attached hydrogens (tertiary/aromatic N) is 2. The first-order valence-electron chi connectivity index (χ1n) is 7.42. The molecule has 2 amide bonds. The predicted molar refractivity (Wildman–Crippen MR) is 76.5 cm³/mol. The van der Waals surface area contributed by atoms with Crippen molar-refractivity contribution >= 4 is 12.0 Å². The third kappa shape index (κ3) is 2.76. The largest absolute Gasteiger partial charge is 0.480 e. The van der Waals surface area contributed by atoms with Crippen LogP contribution in [-0.4, -0.2) is 52.6 Å². The molecule has 1 N–H and O–H groups in total. The van der Waals surface area contributed by atoms with E-state index in [1.54, 1.807) is 4.90 Å². The molecule has 114 valence electrons. The highest BCUT2D eigenvalue weighted by molar-refractivity contribution is 5.84. The topological polar surface area (TPSA) is 60.9 Å². The van der Waals surface area contributed by atoms with E-state index < -0.39 is 12.0 Å². The minimum Gasteiger partial charge on any atom is -0.480 e. The number of carbonyl (C=O) groups is 2. The Balaban J connectivity index is 2.17. The van der Waals surface area contributed by atoms with Gasteiger partial charge in [-0.05, 0) is 30.1 Å². The second-order valence-corrected chi connectivity index (χ2v) is 7.64. The van der Waals surface area contributed by atoms with Gasteiger partial charge in [0, 0.05) is 19.6 Å². The molecule has 2 aliphatic rings. The summed E-state index contributed by atoms with van der Waals surface area (Å²) in [7, 11) is 0. The van der Waals surface area contributed by atoms with Gasteiger partial charge in [0.15, 0.2) is 0 Å². The van der Waals surface area contributed by atoms with Gasteiger partial charge in [-0.15, -0.1) is 0 Å². The number of hydrogen-bond acceptors (Lipinski definition) is 2. The van der Waals surface area contributed by atoms with Crippen LogP contribution < -0.4 is 0 Å². The van der Waals surface area contributed by atoms with Gasteiger partial charge >= 0.3 is 12.0 Å². The van der Waals surface area contributed by atoms with Crippen molar-refractivity contribution in [3.05, 3.63) is 0 Å². The van der Waals surface area contributed by atoms with Crippen LogP contribution in [-0.2, 0) is 4.79 Å². The molecule has 0 aliphatic carbocycles. The van der Waals surface area contributed by atoms with Gasteiger partial charge < -0.3 is 14.9 Å². The Labute approximate surface area is 120 Å². The van der Waals surface area contributed by atoms with E-state index in [0.717, 1.165) is 32.4 Å². The van der Waals surface area contributed by atoms with Crippen LogP contribution in [0.5, 0.6) is 0 Å². The number of carboxylic acids is 1. The summed E-state index contributed by atoms with van der Waals surface area (Å²) in [6.07, 6.45) is 2.70. The molecular weight excluding hydrogens is 256 g/mol. The number of carboxylic acid groups (broad SMARTS) is 1. The summed E-state index contributed by atoms with van der Waals surface area (Å²) in [6.45, 7) is 10.2. The average molecular weight is 282 g/mol. The zero-order valence-corrected chi connectivity index (χ0v) is 13.0. The van der Waals surface area contributed by atoms with E-state index in [-0.39, 0.29) is 16.9 Å². The van der Waals surface area contributed by atoms with Crippen LogP contribution in [0.15, 0.2) is 0 Å². The summed E-state index contributed by atoms with van der Waals surface area (Å²) in [4.78, 5) is 27.7. The Morgan fingerprint density at radius 3 is 2.25 bits per heavy atom. The average Bonchev–Trinajstić information content (AvgIpc) is 2.66. The Kier molecular flexibility index (Phi) is 3.73. The first kappa shape index (κ1) is 15.1. The number of urea groups is 1. The molecule has 1 unspecified atom stereocenters. The maximum atomic E-state index is 12.7. The summed E-state index contributed by atoms with van der Waals surface area (Å²) >= 11 is 0. The Morgan fingerprint density at radius 1 is 1.10 bits per heavy atom. The van der Waals surface area contributed by atoms with Gasteiger partial charge in [-0.2, -0.15) is 0 Å². The molecule has 0 radical (unpaired) electrons. The molecule has 2 aliphatic heterocycles. The van der Waals surface area contributed by atoms with Crippen molar-refractivity contribution in [2.24, 2.45) is 10.8 Å². The summed E-state index contributed by atoms with van der Waals surface area (Å²) in [6, 6.07) is -0.816. The van der Waals surface area contributed by atoms with Crippen LogP contribution in [0.2, 0.25) is 0 Å². The fourth-order valence-electron chi connectivity index (χ4n) is 3.52. The minimum atomic E-state index is -0.887. The number of amides is 2. The lowest BCUT2D eigenvalue weighted by Crippen LogP contribution is -2.59. The summed E-state index contributed by atoms with van der Waals surface area (Å²) in [5, 5.41) is 9.53. The van der Waals surface area contributed by atoms with Gasteiger partial charge in [0.2, 0.25) is 0 Å². The smallest absolute Gasteiger partial charge is 0.327 e. The number of hydrogen-bond donors (Lipinski definition) is 1. The monoisotopic (exact) mass is 282 g/mol. The van der Waals surface area contributed by atoms with Crippen molar-refractivity contribution in [1.82, 2.24) is 9.80 Å². The standard InChI is InChI=1S/C15H26N2O3/c1-14(2)7-9-16(10-14)13(20)17-8-5-6-15(3,4)11(17)12(18)19/h11H,5-10H2,1-4H3,(H,18,19). The Bertz CT molecular complexity index is 417. The van der Waals surface area contributed by atoms with E-state index in [4.69, 9.17) is 0 Å². The maximum Gasteiger partial charge on any atom is 0.327 e. The van der Waals surface area contributed by atoms with Crippen LogP contribution in [0, 0.1) is 10.8 Å². The summed E-state index contributed by atoms with van der Waals surface area (Å²) in [5.41, 5.74) is -0.228. The van der Waals surface area contributed by atoms with Crippen LogP contribution in [0.3, 0.4) is 0 Å². The molecular formula is C15H26N2O3. The normalized spacial score (nSPS) is 28.5. The van der Waals surface area contributed by atoms with Gasteiger partial charge in [0.1, 0.15) is 6.04 Å². The van der Waals surface area contributed by atoms with Crippen LogP contribution in [0.1, 0.15) is 47.0 Å². The summed E-state index contributed by atoms with van der Waals surface area (Å²) < 4.78 is 0. The molecule has 20 heavy (non-hydrogen) atoms. The van der Waals surface area contributed by atoms with Crippen molar-refractivity contribution in [2.45, 2.75) is 53.0 Å². The second kappa shape index (κ2) is 4.93. The quantitative estimate of drug-likeness (QED) is 0.803. The highest BCUT2D eigenvalue weighted by atomic mass is 16.4. The van der Waals surface area contributed by atoms with Crippen LogP contribution in [0.25, 0.3) is 0 Å². The zero-order chi connectivity index (χ0) is 15.1. The molecule has 1 atom stereocenters. The van der Waals surface area contributed by atoms with Crippen molar-refractivity contribution in [3.63, 3.8) is 0 Å². The number of carbonyl (C=O) groups excluding carboxylic acids is 1. The molecule has 0 aromatic carbocycles. The van der Waals surface area contributed by atoms with Crippen molar-refractivity contribution in [3.8, 4) is 0 Å². The summed E-state index contributed by atoms with van der Waals surface area (Å²) in [5.74, 6) is -0.887. The molecule has 2 heterocycles. The molecule has 0 bridgehead atoms. The lowest BCUT2D eigenvalue weighted by molar-refractivity contribution is -0.148. The molecule has 2 saturated heterocycles. The van der Waals surface area contributed by atoms with Gasteiger partial charge in [0.05, 0.1) is 0 Å². The van der Waals surface area contributed by atoms with Crippen LogP contribution in [0.4, 0.5) is 4.79 Å². The van der Waals surface area contributed by atoms with Gasteiger partial charge in [-0.25, -0.2) is 9.59 Å². The third-order valence-corrected chi connectivity index (χ3v) is 4.70. The predicted octanol–water partition coefficient (Wildman–Crippen LogP) is 2.41. The van der Waals surface area contributed by atoms with Crippen molar-refractivity contribution in [1.29, 1.82) is 0 Å². The van der Waals surface area contributed by atoms with E-state index in [1.165, 1.54) is 0 Å². The molecule has 0 aromatic rings.